The third-order valence-corrected chi connectivity index (χ3v) is 2.68. The molecule has 0 aromatic heterocycles. The van der Waals surface area contributed by atoms with Crippen LogP contribution in [0.15, 0.2) is 17.2 Å². The molecular formula is C13H19N3O3S. The standard InChI is InChI=1S/C13H19N3O3S/c1-5-14-13(20)16-15-8-9-6-7-10(17-2)12(19-4)11(9)18-3/h6-8H,5H2,1-4H3,(H2,14,16,20). The molecule has 0 saturated heterocycles. The third kappa shape index (κ3) is 3.99. The van der Waals surface area contributed by atoms with Gasteiger partial charge in [0.05, 0.1) is 27.5 Å². The molecule has 0 spiro atoms. The van der Waals surface area contributed by atoms with Gasteiger partial charge in [0.15, 0.2) is 16.6 Å². The number of nitrogens with one attached hydrogen (secondary N) is 2. The molecule has 0 aliphatic rings. The summed E-state index contributed by atoms with van der Waals surface area (Å²) < 4.78 is 15.8. The molecule has 6 nitrogen and oxygen atoms in total. The summed E-state index contributed by atoms with van der Waals surface area (Å²) in [5.74, 6) is 1.66. The second-order valence-corrected chi connectivity index (χ2v) is 4.06. The van der Waals surface area contributed by atoms with E-state index in [0.29, 0.717) is 22.4 Å². The quantitative estimate of drug-likeness (QED) is 0.472. The Bertz CT molecular complexity index is 492. The second-order valence-electron chi connectivity index (χ2n) is 3.65. The predicted molar refractivity (Wildman–Crippen MR) is 83.1 cm³/mol. The van der Waals surface area contributed by atoms with Crippen molar-refractivity contribution < 1.29 is 14.2 Å². The maximum absolute atomic E-state index is 5.34. The van der Waals surface area contributed by atoms with Crippen molar-refractivity contribution in [2.24, 2.45) is 5.10 Å². The zero-order chi connectivity index (χ0) is 15.0. The molecule has 7 heteroatoms. The molecule has 1 rings (SSSR count). The van der Waals surface area contributed by atoms with Gasteiger partial charge in [-0.2, -0.15) is 5.10 Å². The van der Waals surface area contributed by atoms with Crippen LogP contribution in [0.5, 0.6) is 17.2 Å². The second kappa shape index (κ2) is 8.21. The molecule has 1 aromatic carbocycles. The van der Waals surface area contributed by atoms with E-state index in [1.54, 1.807) is 33.6 Å². The van der Waals surface area contributed by atoms with Crippen LogP contribution < -0.4 is 25.0 Å². The Morgan fingerprint density at radius 3 is 2.45 bits per heavy atom. The molecule has 0 radical (unpaired) electrons. The lowest BCUT2D eigenvalue weighted by Crippen LogP contribution is -2.31. The van der Waals surface area contributed by atoms with Gasteiger partial charge in [-0.3, -0.25) is 5.43 Å². The van der Waals surface area contributed by atoms with E-state index in [9.17, 15) is 0 Å². The van der Waals surface area contributed by atoms with E-state index in [0.717, 1.165) is 12.1 Å². The summed E-state index contributed by atoms with van der Waals surface area (Å²) >= 11 is 5.01. The Labute approximate surface area is 124 Å². The molecule has 0 amide bonds. The summed E-state index contributed by atoms with van der Waals surface area (Å²) in [6.45, 7) is 2.69. The van der Waals surface area contributed by atoms with Crippen molar-refractivity contribution in [2.45, 2.75) is 6.92 Å². The number of hydrogen-bond donors (Lipinski definition) is 2. The summed E-state index contributed by atoms with van der Waals surface area (Å²) in [4.78, 5) is 0. The molecule has 2 N–H and O–H groups in total. The SMILES string of the molecule is CCNC(=S)NN=Cc1ccc(OC)c(OC)c1OC. The number of methoxy groups -OCH3 is 3. The first-order valence-corrected chi connectivity index (χ1v) is 6.44. The predicted octanol–water partition coefficient (Wildman–Crippen LogP) is 1.53. The van der Waals surface area contributed by atoms with Crippen LogP contribution in [0.1, 0.15) is 12.5 Å². The molecule has 0 atom stereocenters. The van der Waals surface area contributed by atoms with Crippen molar-refractivity contribution in [3.8, 4) is 17.2 Å². The van der Waals surface area contributed by atoms with Crippen LogP contribution in [0.25, 0.3) is 0 Å². The van der Waals surface area contributed by atoms with Gasteiger partial charge in [0.1, 0.15) is 0 Å². The maximum atomic E-state index is 5.34. The molecule has 110 valence electrons. The van der Waals surface area contributed by atoms with Gasteiger partial charge in [-0.1, -0.05) is 0 Å². The van der Waals surface area contributed by atoms with Gasteiger partial charge in [0.2, 0.25) is 5.75 Å². The number of hydrazone groups is 1. The third-order valence-electron chi connectivity index (χ3n) is 2.44. The number of nitrogens with zero attached hydrogens (tertiary/aromatic N) is 1. The molecular weight excluding hydrogens is 278 g/mol. The van der Waals surface area contributed by atoms with Crippen molar-refractivity contribution >= 4 is 23.5 Å². The first-order valence-electron chi connectivity index (χ1n) is 6.03. The minimum absolute atomic E-state index is 0.461. The van der Waals surface area contributed by atoms with Crippen molar-refractivity contribution in [1.82, 2.24) is 10.7 Å². The van der Waals surface area contributed by atoms with E-state index >= 15 is 0 Å². The number of thiocarbonyl (C=S) groups is 1. The largest absolute Gasteiger partial charge is 0.493 e. The van der Waals surface area contributed by atoms with Gasteiger partial charge >= 0.3 is 0 Å². The van der Waals surface area contributed by atoms with E-state index in [4.69, 9.17) is 26.4 Å². The van der Waals surface area contributed by atoms with Crippen LogP contribution in [0, 0.1) is 0 Å². The Kier molecular flexibility index (Phi) is 6.58. The summed E-state index contributed by atoms with van der Waals surface area (Å²) in [5, 5.41) is 7.44. The molecule has 1 aromatic rings. The van der Waals surface area contributed by atoms with Crippen LogP contribution in [0.2, 0.25) is 0 Å². The molecule has 0 aliphatic heterocycles. The van der Waals surface area contributed by atoms with Crippen LogP contribution in [0.4, 0.5) is 0 Å². The highest BCUT2D eigenvalue weighted by atomic mass is 32.1. The van der Waals surface area contributed by atoms with Crippen molar-refractivity contribution in [3.05, 3.63) is 17.7 Å². The lowest BCUT2D eigenvalue weighted by atomic mass is 10.2. The van der Waals surface area contributed by atoms with E-state index < -0.39 is 0 Å². The van der Waals surface area contributed by atoms with Gasteiger partial charge in [-0.05, 0) is 31.3 Å². The van der Waals surface area contributed by atoms with E-state index in [2.05, 4.69) is 15.8 Å². The molecule has 0 heterocycles. The van der Waals surface area contributed by atoms with Gasteiger partial charge < -0.3 is 19.5 Å². The summed E-state index contributed by atoms with van der Waals surface area (Å²) in [6.07, 6.45) is 1.60. The highest BCUT2D eigenvalue weighted by molar-refractivity contribution is 7.80. The normalized spacial score (nSPS) is 10.2. The lowest BCUT2D eigenvalue weighted by Gasteiger charge is -2.13. The fraction of sp³-hybridized carbons (Fsp3) is 0.385. The number of ether oxygens (including phenoxy) is 3. The Balaban J connectivity index is 2.95. The zero-order valence-electron chi connectivity index (χ0n) is 12.0. The minimum atomic E-state index is 0.461. The molecule has 0 fully saturated rings. The number of benzene rings is 1. The zero-order valence-corrected chi connectivity index (χ0v) is 12.8. The average Bonchev–Trinajstić information content (AvgIpc) is 2.46. The molecule has 20 heavy (non-hydrogen) atoms. The van der Waals surface area contributed by atoms with Crippen molar-refractivity contribution in [1.29, 1.82) is 0 Å². The molecule has 0 unspecified atom stereocenters. The fourth-order valence-corrected chi connectivity index (χ4v) is 1.78. The Hall–Kier alpha value is -2.02. The average molecular weight is 297 g/mol. The number of hydrogen-bond acceptors (Lipinski definition) is 5. The van der Waals surface area contributed by atoms with Gasteiger partial charge in [-0.15, -0.1) is 0 Å². The summed E-state index contributed by atoms with van der Waals surface area (Å²) in [5.41, 5.74) is 3.46. The molecule has 0 saturated carbocycles. The lowest BCUT2D eigenvalue weighted by molar-refractivity contribution is 0.324. The topological polar surface area (TPSA) is 64.1 Å². The van der Waals surface area contributed by atoms with Crippen LogP contribution in [-0.2, 0) is 0 Å². The highest BCUT2D eigenvalue weighted by Gasteiger charge is 2.14. The Morgan fingerprint density at radius 2 is 1.90 bits per heavy atom. The summed E-state index contributed by atoms with van der Waals surface area (Å²) in [7, 11) is 4.69. The number of rotatable bonds is 6. The van der Waals surface area contributed by atoms with Gasteiger partial charge in [0.25, 0.3) is 0 Å². The van der Waals surface area contributed by atoms with E-state index in [-0.39, 0.29) is 0 Å². The van der Waals surface area contributed by atoms with Crippen LogP contribution >= 0.6 is 12.2 Å². The van der Waals surface area contributed by atoms with E-state index in [1.165, 1.54) is 0 Å². The van der Waals surface area contributed by atoms with Crippen molar-refractivity contribution in [3.63, 3.8) is 0 Å². The first kappa shape index (κ1) is 16.0. The highest BCUT2D eigenvalue weighted by Crippen LogP contribution is 2.38. The summed E-state index contributed by atoms with van der Waals surface area (Å²) in [6, 6.07) is 3.60. The maximum Gasteiger partial charge on any atom is 0.203 e. The minimum Gasteiger partial charge on any atom is -0.493 e. The van der Waals surface area contributed by atoms with Gasteiger partial charge in [-0.25, -0.2) is 0 Å². The monoisotopic (exact) mass is 297 g/mol. The smallest absolute Gasteiger partial charge is 0.203 e. The first-order chi connectivity index (χ1) is 9.67. The van der Waals surface area contributed by atoms with E-state index in [1.807, 2.05) is 13.0 Å². The van der Waals surface area contributed by atoms with Crippen LogP contribution in [0.3, 0.4) is 0 Å². The van der Waals surface area contributed by atoms with Crippen LogP contribution in [-0.4, -0.2) is 39.2 Å². The fourth-order valence-electron chi connectivity index (χ4n) is 1.59. The van der Waals surface area contributed by atoms with Gasteiger partial charge in [0, 0.05) is 12.1 Å². The Morgan fingerprint density at radius 1 is 1.20 bits per heavy atom. The molecule has 0 bridgehead atoms. The van der Waals surface area contributed by atoms with Crippen molar-refractivity contribution in [2.75, 3.05) is 27.9 Å². The molecule has 0 aliphatic carbocycles.